The molecule has 0 aliphatic heterocycles. The van der Waals surface area contributed by atoms with Crippen molar-refractivity contribution >= 4 is 17.0 Å². The number of hydrogen-bond donors (Lipinski definition) is 2. The highest BCUT2D eigenvalue weighted by Gasteiger charge is 2.12. The average Bonchev–Trinajstić information content (AvgIpc) is 2.72. The van der Waals surface area contributed by atoms with Crippen LogP contribution in [-0.2, 0) is 6.54 Å². The Morgan fingerprint density at radius 2 is 1.93 bits per heavy atom. The minimum absolute atomic E-state index is 0.235. The van der Waals surface area contributed by atoms with Crippen molar-refractivity contribution in [2.45, 2.75) is 6.54 Å². The van der Waals surface area contributed by atoms with Crippen LogP contribution < -0.4 is 15.6 Å². The summed E-state index contributed by atoms with van der Waals surface area (Å²) in [5.41, 5.74) is 2.90. The van der Waals surface area contributed by atoms with Crippen molar-refractivity contribution in [3.8, 4) is 16.9 Å². The summed E-state index contributed by atoms with van der Waals surface area (Å²) in [5.74, 6) is 1.12. The number of nitrogens with zero attached hydrogens (tertiary/aromatic N) is 2. The number of aromatic nitrogens is 3. The van der Waals surface area contributed by atoms with Crippen LogP contribution in [0.5, 0.6) is 5.75 Å². The van der Waals surface area contributed by atoms with Gasteiger partial charge in [-0.1, -0.05) is 42.5 Å². The van der Waals surface area contributed by atoms with Crippen LogP contribution in [0.2, 0.25) is 0 Å². The lowest BCUT2D eigenvalue weighted by molar-refractivity contribution is 0.415. The second-order valence-corrected chi connectivity index (χ2v) is 6.04. The third-order valence-corrected chi connectivity index (χ3v) is 4.29. The van der Waals surface area contributed by atoms with Crippen LogP contribution in [0.1, 0.15) is 5.56 Å². The Bertz CT molecular complexity index is 1140. The molecule has 0 aliphatic rings. The molecule has 0 aliphatic carbocycles. The zero-order valence-electron chi connectivity index (χ0n) is 14.8. The summed E-state index contributed by atoms with van der Waals surface area (Å²) in [6.07, 6.45) is 1.66. The predicted molar refractivity (Wildman–Crippen MR) is 106 cm³/mol. The van der Waals surface area contributed by atoms with Crippen molar-refractivity contribution in [1.29, 1.82) is 0 Å². The van der Waals surface area contributed by atoms with Gasteiger partial charge in [-0.15, -0.1) is 0 Å². The first-order valence-corrected chi connectivity index (χ1v) is 8.56. The molecule has 6 nitrogen and oxygen atoms in total. The van der Waals surface area contributed by atoms with E-state index in [9.17, 15) is 4.79 Å². The van der Waals surface area contributed by atoms with E-state index in [1.54, 1.807) is 13.3 Å². The molecule has 0 unspecified atom stereocenters. The topological polar surface area (TPSA) is 79.9 Å². The zero-order chi connectivity index (χ0) is 18.6. The van der Waals surface area contributed by atoms with Crippen molar-refractivity contribution in [3.63, 3.8) is 0 Å². The highest BCUT2D eigenvalue weighted by Crippen LogP contribution is 2.27. The van der Waals surface area contributed by atoms with Crippen molar-refractivity contribution < 1.29 is 4.74 Å². The summed E-state index contributed by atoms with van der Waals surface area (Å²) < 4.78 is 5.28. The minimum atomic E-state index is -0.235. The number of methoxy groups -OCH3 is 1. The summed E-state index contributed by atoms with van der Waals surface area (Å²) in [4.78, 5) is 24.3. The molecule has 0 amide bonds. The van der Waals surface area contributed by atoms with Gasteiger partial charge in [0.15, 0.2) is 5.65 Å². The van der Waals surface area contributed by atoms with E-state index in [0.717, 1.165) is 22.4 Å². The average molecular weight is 358 g/mol. The summed E-state index contributed by atoms with van der Waals surface area (Å²) in [6, 6.07) is 19.3. The maximum Gasteiger partial charge on any atom is 0.262 e. The molecule has 0 saturated carbocycles. The number of ether oxygens (including phenoxy) is 1. The van der Waals surface area contributed by atoms with Gasteiger partial charge >= 0.3 is 0 Å². The second kappa shape index (κ2) is 7.29. The highest BCUT2D eigenvalue weighted by atomic mass is 16.5. The Balaban J connectivity index is 1.73. The Hall–Kier alpha value is -3.67. The first-order chi connectivity index (χ1) is 13.2. The van der Waals surface area contributed by atoms with Crippen LogP contribution in [-0.4, -0.2) is 22.1 Å². The number of aromatic amines is 1. The van der Waals surface area contributed by atoms with Crippen molar-refractivity contribution in [3.05, 3.63) is 82.8 Å². The molecule has 0 saturated heterocycles. The quantitative estimate of drug-likeness (QED) is 0.570. The lowest BCUT2D eigenvalue weighted by Crippen LogP contribution is -2.14. The van der Waals surface area contributed by atoms with Crippen molar-refractivity contribution in [2.24, 2.45) is 0 Å². The number of hydrogen-bond acceptors (Lipinski definition) is 5. The molecule has 134 valence electrons. The van der Waals surface area contributed by atoms with Gasteiger partial charge in [-0.3, -0.25) is 9.78 Å². The van der Waals surface area contributed by atoms with Gasteiger partial charge in [0.25, 0.3) is 5.56 Å². The Morgan fingerprint density at radius 1 is 1.07 bits per heavy atom. The van der Waals surface area contributed by atoms with Crippen molar-refractivity contribution in [2.75, 3.05) is 12.4 Å². The van der Waals surface area contributed by atoms with Crippen molar-refractivity contribution in [1.82, 2.24) is 15.0 Å². The fourth-order valence-corrected chi connectivity index (χ4v) is 2.96. The van der Waals surface area contributed by atoms with Gasteiger partial charge in [0.1, 0.15) is 5.75 Å². The van der Waals surface area contributed by atoms with E-state index >= 15 is 0 Å². The number of nitrogens with one attached hydrogen (secondary N) is 2. The molecule has 0 atom stereocenters. The van der Waals surface area contributed by atoms with Crippen LogP contribution in [0.4, 0.5) is 5.95 Å². The molecule has 0 bridgehead atoms. The van der Waals surface area contributed by atoms with Crippen LogP contribution >= 0.6 is 0 Å². The molecule has 0 fully saturated rings. The molecule has 2 aromatic carbocycles. The Labute approximate surface area is 155 Å². The van der Waals surface area contributed by atoms with E-state index in [1.165, 1.54) is 0 Å². The van der Waals surface area contributed by atoms with E-state index in [4.69, 9.17) is 4.74 Å². The summed E-state index contributed by atoms with van der Waals surface area (Å²) in [5, 5.41) is 3.60. The Morgan fingerprint density at radius 3 is 2.74 bits per heavy atom. The van der Waals surface area contributed by atoms with E-state index in [1.807, 2.05) is 60.7 Å². The number of H-pyrrole nitrogens is 1. The molecule has 27 heavy (non-hydrogen) atoms. The van der Waals surface area contributed by atoms with Gasteiger partial charge < -0.3 is 10.1 Å². The first-order valence-electron chi connectivity index (χ1n) is 8.56. The van der Waals surface area contributed by atoms with Crippen LogP contribution in [0, 0.1) is 0 Å². The van der Waals surface area contributed by atoms with Gasteiger partial charge in [0, 0.05) is 12.7 Å². The number of benzene rings is 2. The summed E-state index contributed by atoms with van der Waals surface area (Å²) >= 11 is 0. The first kappa shape index (κ1) is 16.8. The number of fused-ring (bicyclic) bond motifs is 1. The SMILES string of the molecule is COc1cccc(-c2ccnc3nc(NCc4ccccc4)[nH]c(=O)c23)c1. The van der Waals surface area contributed by atoms with Gasteiger partial charge in [-0.05, 0) is 34.9 Å². The van der Waals surface area contributed by atoms with E-state index < -0.39 is 0 Å². The molecule has 2 heterocycles. The predicted octanol–water partition coefficient (Wildman–Crippen LogP) is 3.61. The third kappa shape index (κ3) is 3.50. The Kier molecular flexibility index (Phi) is 4.53. The minimum Gasteiger partial charge on any atom is -0.497 e. The molecule has 2 N–H and O–H groups in total. The molecular weight excluding hydrogens is 340 g/mol. The van der Waals surface area contributed by atoms with Gasteiger partial charge in [0.2, 0.25) is 5.95 Å². The maximum absolute atomic E-state index is 12.8. The second-order valence-electron chi connectivity index (χ2n) is 6.04. The molecular formula is C21H18N4O2. The molecule has 0 radical (unpaired) electrons. The summed E-state index contributed by atoms with van der Waals surface area (Å²) in [7, 11) is 1.61. The maximum atomic E-state index is 12.8. The highest BCUT2D eigenvalue weighted by molar-refractivity contribution is 5.92. The van der Waals surface area contributed by atoms with Crippen LogP contribution in [0.25, 0.3) is 22.2 Å². The fraction of sp³-hybridized carbons (Fsp3) is 0.0952. The number of pyridine rings is 1. The van der Waals surface area contributed by atoms with Crippen LogP contribution in [0.15, 0.2) is 71.7 Å². The van der Waals surface area contributed by atoms with Gasteiger partial charge in [-0.2, -0.15) is 4.98 Å². The standard InChI is InChI=1S/C21H18N4O2/c1-27-16-9-5-8-15(12-16)17-10-11-22-19-18(17)20(26)25-21(24-19)23-13-14-6-3-2-4-7-14/h2-12H,13H2,1H3,(H2,22,23,24,25,26). The van der Waals surface area contributed by atoms with E-state index in [2.05, 4.69) is 20.3 Å². The lowest BCUT2D eigenvalue weighted by Gasteiger charge is -2.09. The van der Waals surface area contributed by atoms with Gasteiger partial charge in [0.05, 0.1) is 12.5 Å². The molecule has 4 aromatic rings. The molecule has 0 spiro atoms. The number of rotatable bonds is 5. The molecule has 6 heteroatoms. The zero-order valence-corrected chi connectivity index (χ0v) is 14.8. The smallest absolute Gasteiger partial charge is 0.262 e. The third-order valence-electron chi connectivity index (χ3n) is 4.29. The monoisotopic (exact) mass is 358 g/mol. The van der Waals surface area contributed by atoms with Gasteiger partial charge in [-0.25, -0.2) is 4.98 Å². The number of anilines is 1. The van der Waals surface area contributed by atoms with Crippen LogP contribution in [0.3, 0.4) is 0 Å². The normalized spacial score (nSPS) is 10.7. The van der Waals surface area contributed by atoms with E-state index in [-0.39, 0.29) is 5.56 Å². The molecule has 4 rings (SSSR count). The fourth-order valence-electron chi connectivity index (χ4n) is 2.96. The molecule has 2 aromatic heterocycles. The lowest BCUT2D eigenvalue weighted by atomic mass is 10.0. The van der Waals surface area contributed by atoms with E-state index in [0.29, 0.717) is 23.5 Å². The summed E-state index contributed by atoms with van der Waals surface area (Å²) in [6.45, 7) is 0.560. The largest absolute Gasteiger partial charge is 0.497 e.